The van der Waals surface area contributed by atoms with Crippen molar-refractivity contribution in [2.75, 3.05) is 0 Å². The van der Waals surface area contributed by atoms with Crippen molar-refractivity contribution in [3.63, 3.8) is 0 Å². The number of aryl methyl sites for hydroxylation is 1. The van der Waals surface area contributed by atoms with Gasteiger partial charge in [0.2, 0.25) is 0 Å². The van der Waals surface area contributed by atoms with Gasteiger partial charge in [-0.25, -0.2) is 0 Å². The van der Waals surface area contributed by atoms with Gasteiger partial charge < -0.3 is 5.11 Å². The summed E-state index contributed by atoms with van der Waals surface area (Å²) in [7, 11) is 0. The Hall–Kier alpha value is -1.61. The van der Waals surface area contributed by atoms with E-state index in [4.69, 9.17) is 5.11 Å². The molecule has 18 heavy (non-hydrogen) atoms. The van der Waals surface area contributed by atoms with E-state index in [1.165, 1.54) is 16.7 Å². The highest BCUT2D eigenvalue weighted by Crippen LogP contribution is 2.33. The molecule has 1 aromatic heterocycles. The van der Waals surface area contributed by atoms with Crippen LogP contribution in [0.15, 0.2) is 29.6 Å². The van der Waals surface area contributed by atoms with Crippen LogP contribution in [0.5, 0.6) is 0 Å². The predicted octanol–water partition coefficient (Wildman–Crippen LogP) is 4.22. The molecule has 3 heteroatoms. The van der Waals surface area contributed by atoms with Gasteiger partial charge in [-0.15, -0.1) is 11.3 Å². The topological polar surface area (TPSA) is 37.3 Å². The van der Waals surface area contributed by atoms with Crippen LogP contribution < -0.4 is 0 Å². The zero-order valence-electron chi connectivity index (χ0n) is 10.7. The highest BCUT2D eigenvalue weighted by Gasteiger charge is 2.16. The molecule has 1 atom stereocenters. The van der Waals surface area contributed by atoms with E-state index in [0.717, 1.165) is 10.4 Å². The Morgan fingerprint density at radius 2 is 2.06 bits per heavy atom. The van der Waals surface area contributed by atoms with Gasteiger partial charge in [0.25, 0.3) is 0 Å². The molecule has 0 bridgehead atoms. The number of carbonyl (C=O) groups is 1. The number of rotatable bonds is 3. The van der Waals surface area contributed by atoms with Crippen molar-refractivity contribution in [2.24, 2.45) is 0 Å². The zero-order valence-corrected chi connectivity index (χ0v) is 11.5. The first-order valence-electron chi connectivity index (χ1n) is 5.88. The Morgan fingerprint density at radius 1 is 1.33 bits per heavy atom. The monoisotopic (exact) mass is 260 g/mol. The van der Waals surface area contributed by atoms with Gasteiger partial charge in [0.15, 0.2) is 0 Å². The largest absolute Gasteiger partial charge is 0.481 e. The quantitative estimate of drug-likeness (QED) is 0.897. The second-order valence-electron chi connectivity index (χ2n) is 4.55. The van der Waals surface area contributed by atoms with Crippen molar-refractivity contribution >= 4 is 17.3 Å². The zero-order chi connectivity index (χ0) is 13.3. The number of carboxylic acids is 1. The van der Waals surface area contributed by atoms with Gasteiger partial charge in [-0.2, -0.15) is 0 Å². The van der Waals surface area contributed by atoms with Crippen LogP contribution in [0.2, 0.25) is 0 Å². The fourth-order valence-electron chi connectivity index (χ4n) is 1.88. The van der Waals surface area contributed by atoms with Crippen LogP contribution in [0.1, 0.15) is 29.5 Å². The van der Waals surface area contributed by atoms with Crippen molar-refractivity contribution < 1.29 is 9.90 Å². The fourth-order valence-corrected chi connectivity index (χ4v) is 2.97. The third-order valence-corrected chi connectivity index (χ3v) is 4.34. The molecule has 0 saturated heterocycles. The van der Waals surface area contributed by atoms with Crippen molar-refractivity contribution in [2.45, 2.75) is 26.7 Å². The Morgan fingerprint density at radius 3 is 2.72 bits per heavy atom. The molecule has 1 unspecified atom stereocenters. The van der Waals surface area contributed by atoms with Crippen LogP contribution >= 0.6 is 11.3 Å². The second kappa shape index (κ2) is 4.94. The van der Waals surface area contributed by atoms with Gasteiger partial charge in [-0.1, -0.05) is 18.2 Å². The molecule has 0 spiro atoms. The lowest BCUT2D eigenvalue weighted by Crippen LogP contribution is -2.05. The first-order valence-corrected chi connectivity index (χ1v) is 6.76. The van der Waals surface area contributed by atoms with Gasteiger partial charge in [-0.05, 0) is 54.5 Å². The van der Waals surface area contributed by atoms with Crippen LogP contribution in [0.25, 0.3) is 10.4 Å². The second-order valence-corrected chi connectivity index (χ2v) is 5.46. The highest BCUT2D eigenvalue weighted by molar-refractivity contribution is 7.13. The molecule has 0 fully saturated rings. The Bertz CT molecular complexity index is 584. The lowest BCUT2D eigenvalue weighted by Gasteiger charge is -2.06. The summed E-state index contributed by atoms with van der Waals surface area (Å²) < 4.78 is 0. The van der Waals surface area contributed by atoms with Crippen molar-refractivity contribution in [3.8, 4) is 10.4 Å². The first-order chi connectivity index (χ1) is 8.50. The van der Waals surface area contributed by atoms with Crippen molar-refractivity contribution in [1.82, 2.24) is 0 Å². The normalized spacial score (nSPS) is 12.4. The smallest absolute Gasteiger partial charge is 0.310 e. The summed E-state index contributed by atoms with van der Waals surface area (Å²) in [6.45, 7) is 5.91. The van der Waals surface area contributed by atoms with Crippen molar-refractivity contribution in [1.29, 1.82) is 0 Å². The third kappa shape index (κ3) is 2.31. The lowest BCUT2D eigenvalue weighted by atomic mass is 10.00. The maximum absolute atomic E-state index is 11.0. The minimum absolute atomic E-state index is 0.444. The van der Waals surface area contributed by atoms with Gasteiger partial charge in [0, 0.05) is 4.88 Å². The average molecular weight is 260 g/mol. The summed E-state index contributed by atoms with van der Waals surface area (Å²) in [6.07, 6.45) is 0. The Kier molecular flexibility index (Phi) is 3.53. The highest BCUT2D eigenvalue weighted by atomic mass is 32.1. The number of aliphatic carboxylic acids is 1. The first kappa shape index (κ1) is 12.8. The number of carboxylic acid groups (broad SMARTS) is 1. The molecular formula is C15H16O2S. The van der Waals surface area contributed by atoms with Crippen molar-refractivity contribution in [3.05, 3.63) is 46.3 Å². The molecule has 0 aliphatic rings. The van der Waals surface area contributed by atoms with Crippen LogP contribution in [0.4, 0.5) is 0 Å². The van der Waals surface area contributed by atoms with E-state index in [-0.39, 0.29) is 0 Å². The molecule has 1 aromatic carbocycles. The van der Waals surface area contributed by atoms with Crippen LogP contribution in [-0.2, 0) is 4.79 Å². The van der Waals surface area contributed by atoms with Gasteiger partial charge in [-0.3, -0.25) is 4.79 Å². The molecule has 2 nitrogen and oxygen atoms in total. The van der Waals surface area contributed by atoms with E-state index < -0.39 is 11.9 Å². The minimum Gasteiger partial charge on any atom is -0.481 e. The number of hydrogen-bond donors (Lipinski definition) is 1. The van der Waals surface area contributed by atoms with Gasteiger partial charge in [0.1, 0.15) is 0 Å². The fraction of sp³-hybridized carbons (Fsp3) is 0.267. The Labute approximate surface area is 111 Å². The molecule has 2 rings (SSSR count). The molecular weight excluding hydrogens is 244 g/mol. The van der Waals surface area contributed by atoms with Crippen LogP contribution in [0.3, 0.4) is 0 Å². The van der Waals surface area contributed by atoms with E-state index in [2.05, 4.69) is 26.0 Å². The average Bonchev–Trinajstić information content (AvgIpc) is 2.80. The predicted molar refractivity (Wildman–Crippen MR) is 75.3 cm³/mol. The molecule has 0 amide bonds. The summed E-state index contributed by atoms with van der Waals surface area (Å²) >= 11 is 1.61. The van der Waals surface area contributed by atoms with Crippen LogP contribution in [0, 0.1) is 13.8 Å². The molecule has 0 aliphatic carbocycles. The van der Waals surface area contributed by atoms with Crippen LogP contribution in [-0.4, -0.2) is 11.1 Å². The van der Waals surface area contributed by atoms with E-state index in [1.54, 1.807) is 18.3 Å². The maximum Gasteiger partial charge on any atom is 0.310 e. The molecule has 1 N–H and O–H groups in total. The Balaban J connectivity index is 2.41. The summed E-state index contributed by atoms with van der Waals surface area (Å²) in [5.74, 6) is -1.22. The van der Waals surface area contributed by atoms with E-state index in [1.807, 2.05) is 17.5 Å². The minimum atomic E-state index is -0.777. The molecule has 94 valence electrons. The van der Waals surface area contributed by atoms with Gasteiger partial charge in [0.05, 0.1) is 5.92 Å². The van der Waals surface area contributed by atoms with E-state index >= 15 is 0 Å². The number of benzene rings is 1. The number of thiophene rings is 1. The molecule has 0 radical (unpaired) electrons. The lowest BCUT2D eigenvalue weighted by molar-refractivity contribution is -0.138. The van der Waals surface area contributed by atoms with E-state index in [0.29, 0.717) is 0 Å². The summed E-state index contributed by atoms with van der Waals surface area (Å²) in [6, 6.07) is 8.21. The maximum atomic E-state index is 11.0. The molecule has 1 heterocycles. The number of hydrogen-bond acceptors (Lipinski definition) is 2. The van der Waals surface area contributed by atoms with Gasteiger partial charge >= 0.3 is 5.97 Å². The third-order valence-electron chi connectivity index (χ3n) is 3.36. The summed E-state index contributed by atoms with van der Waals surface area (Å²) in [5, 5.41) is 11.0. The molecule has 0 aliphatic heterocycles. The SMILES string of the molecule is Cc1cccc(-c2cc(C(C)C(=O)O)cs2)c1C. The molecule has 2 aromatic rings. The summed E-state index contributed by atoms with van der Waals surface area (Å²) in [5.41, 5.74) is 4.59. The standard InChI is InChI=1S/C15H16O2S/c1-9-5-4-6-13(10(9)2)14-7-12(8-18-14)11(3)15(16)17/h4-8,11H,1-3H3,(H,16,17). The van der Waals surface area contributed by atoms with E-state index in [9.17, 15) is 4.79 Å². The molecule has 0 saturated carbocycles. The summed E-state index contributed by atoms with van der Waals surface area (Å²) in [4.78, 5) is 12.1.